The normalized spacial score (nSPS) is 14.9. The number of benzene rings is 1. The van der Waals surface area contributed by atoms with Gasteiger partial charge in [-0.1, -0.05) is 36.8 Å². The maximum absolute atomic E-state index is 9.76. The second-order valence-corrected chi connectivity index (χ2v) is 4.55. The smallest absolute Gasteiger partial charge is 0.0831 e. The van der Waals surface area contributed by atoms with Crippen LogP contribution in [0.5, 0.6) is 0 Å². The lowest BCUT2D eigenvalue weighted by molar-refractivity contribution is 0.0866. The van der Waals surface area contributed by atoms with Gasteiger partial charge in [0, 0.05) is 19.1 Å². The van der Waals surface area contributed by atoms with Crippen LogP contribution in [0.25, 0.3) is 0 Å². The van der Waals surface area contributed by atoms with Crippen LogP contribution in [0.15, 0.2) is 24.3 Å². The summed E-state index contributed by atoms with van der Waals surface area (Å²) in [6, 6.07) is 7.98. The summed E-state index contributed by atoms with van der Waals surface area (Å²) in [7, 11) is 0. The molecular formula is C13H23N3O. The van der Waals surface area contributed by atoms with Gasteiger partial charge in [-0.25, -0.2) is 5.01 Å². The number of nitrogens with two attached hydrogens (primary N) is 2. The third-order valence-electron chi connectivity index (χ3n) is 2.89. The molecule has 0 saturated heterocycles. The van der Waals surface area contributed by atoms with Crippen molar-refractivity contribution in [1.29, 1.82) is 0 Å². The lowest BCUT2D eigenvalue weighted by Crippen LogP contribution is -2.45. The van der Waals surface area contributed by atoms with Crippen LogP contribution in [0.1, 0.15) is 24.5 Å². The summed E-state index contributed by atoms with van der Waals surface area (Å²) in [6.45, 7) is 5.01. The number of nitrogens with zero attached hydrogens (tertiary/aromatic N) is 1. The average molecular weight is 237 g/mol. The summed E-state index contributed by atoms with van der Waals surface area (Å²) < 4.78 is 0. The topological polar surface area (TPSA) is 75.5 Å². The summed E-state index contributed by atoms with van der Waals surface area (Å²) in [5.41, 5.74) is 8.11. The zero-order chi connectivity index (χ0) is 12.8. The molecule has 0 heterocycles. The third-order valence-corrected chi connectivity index (χ3v) is 2.89. The van der Waals surface area contributed by atoms with Crippen LogP contribution in [0, 0.1) is 6.92 Å². The van der Waals surface area contributed by atoms with Crippen molar-refractivity contribution in [2.45, 2.75) is 39.0 Å². The standard InChI is InChI=1S/C13H23N3O/c1-3-12(14)13(17)9-16(15)8-11-6-4-10(2)5-7-11/h4-7,12-13,17H,3,8-9,14-15H2,1-2H3/t12?,13-/m0/s1. The van der Waals surface area contributed by atoms with Gasteiger partial charge in [-0.3, -0.25) is 5.84 Å². The van der Waals surface area contributed by atoms with Crippen molar-refractivity contribution in [1.82, 2.24) is 5.01 Å². The zero-order valence-electron chi connectivity index (χ0n) is 10.6. The van der Waals surface area contributed by atoms with E-state index in [1.54, 1.807) is 5.01 Å². The molecular weight excluding hydrogens is 214 g/mol. The summed E-state index contributed by atoms with van der Waals surface area (Å²) in [5, 5.41) is 11.4. The molecule has 0 fully saturated rings. The second kappa shape index (κ2) is 6.71. The molecule has 0 spiro atoms. The zero-order valence-corrected chi connectivity index (χ0v) is 10.6. The van der Waals surface area contributed by atoms with Gasteiger partial charge in [-0.05, 0) is 18.9 Å². The first-order chi connectivity index (χ1) is 8.02. The Morgan fingerprint density at radius 1 is 1.29 bits per heavy atom. The molecule has 0 saturated carbocycles. The molecule has 0 aliphatic heterocycles. The van der Waals surface area contributed by atoms with Crippen LogP contribution >= 0.6 is 0 Å². The van der Waals surface area contributed by atoms with E-state index in [2.05, 4.69) is 12.1 Å². The first-order valence-corrected chi connectivity index (χ1v) is 6.01. The lowest BCUT2D eigenvalue weighted by Gasteiger charge is -2.23. The highest BCUT2D eigenvalue weighted by atomic mass is 16.3. The van der Waals surface area contributed by atoms with Crippen LogP contribution in [-0.2, 0) is 6.54 Å². The van der Waals surface area contributed by atoms with Crippen molar-refractivity contribution in [3.63, 3.8) is 0 Å². The molecule has 0 aliphatic rings. The Morgan fingerprint density at radius 3 is 2.41 bits per heavy atom. The minimum absolute atomic E-state index is 0.209. The SMILES string of the molecule is CCC(N)[C@@H](O)CN(N)Cc1ccc(C)cc1. The Bertz CT molecular complexity index is 326. The summed E-state index contributed by atoms with van der Waals surface area (Å²) in [4.78, 5) is 0. The molecule has 5 N–H and O–H groups in total. The van der Waals surface area contributed by atoms with Crippen molar-refractivity contribution in [3.8, 4) is 0 Å². The Balaban J connectivity index is 2.44. The molecule has 1 aromatic carbocycles. The molecule has 4 nitrogen and oxygen atoms in total. The van der Waals surface area contributed by atoms with E-state index < -0.39 is 6.10 Å². The first-order valence-electron chi connectivity index (χ1n) is 6.01. The van der Waals surface area contributed by atoms with E-state index >= 15 is 0 Å². The Hall–Kier alpha value is -0.940. The van der Waals surface area contributed by atoms with E-state index in [1.807, 2.05) is 26.0 Å². The molecule has 0 radical (unpaired) electrons. The fourth-order valence-corrected chi connectivity index (χ4v) is 1.64. The molecule has 0 aliphatic carbocycles. The number of aliphatic hydroxyl groups excluding tert-OH is 1. The number of hydrogen-bond donors (Lipinski definition) is 3. The lowest BCUT2D eigenvalue weighted by atomic mass is 10.1. The molecule has 1 unspecified atom stereocenters. The van der Waals surface area contributed by atoms with Crippen LogP contribution < -0.4 is 11.6 Å². The highest BCUT2D eigenvalue weighted by molar-refractivity contribution is 5.21. The van der Waals surface area contributed by atoms with Crippen LogP contribution in [-0.4, -0.2) is 28.8 Å². The number of hydrogen-bond acceptors (Lipinski definition) is 4. The average Bonchev–Trinajstić information content (AvgIpc) is 2.30. The van der Waals surface area contributed by atoms with E-state index in [4.69, 9.17) is 11.6 Å². The Morgan fingerprint density at radius 2 is 1.88 bits per heavy atom. The first kappa shape index (κ1) is 14.1. The molecule has 0 amide bonds. The molecule has 1 rings (SSSR count). The van der Waals surface area contributed by atoms with E-state index in [9.17, 15) is 5.11 Å². The fraction of sp³-hybridized carbons (Fsp3) is 0.538. The van der Waals surface area contributed by atoms with Crippen molar-refractivity contribution in [3.05, 3.63) is 35.4 Å². The molecule has 96 valence electrons. The second-order valence-electron chi connectivity index (χ2n) is 4.55. The Labute approximate surface area is 103 Å². The number of hydrazine groups is 1. The molecule has 0 aromatic heterocycles. The molecule has 1 aromatic rings. The summed E-state index contributed by atoms with van der Waals surface area (Å²) in [6.07, 6.45) is 0.176. The monoisotopic (exact) mass is 237 g/mol. The predicted octanol–water partition coefficient (Wildman–Crippen LogP) is 0.769. The van der Waals surface area contributed by atoms with E-state index in [0.717, 1.165) is 12.0 Å². The van der Waals surface area contributed by atoms with E-state index in [1.165, 1.54) is 5.56 Å². The maximum atomic E-state index is 9.76. The molecule has 0 bridgehead atoms. The van der Waals surface area contributed by atoms with Gasteiger partial charge < -0.3 is 10.8 Å². The van der Waals surface area contributed by atoms with Crippen LogP contribution in [0.3, 0.4) is 0 Å². The number of aryl methyl sites for hydroxylation is 1. The van der Waals surface area contributed by atoms with Crippen molar-refractivity contribution < 1.29 is 5.11 Å². The van der Waals surface area contributed by atoms with Crippen LogP contribution in [0.4, 0.5) is 0 Å². The van der Waals surface area contributed by atoms with Crippen LogP contribution in [0.2, 0.25) is 0 Å². The van der Waals surface area contributed by atoms with Gasteiger partial charge in [-0.15, -0.1) is 0 Å². The van der Waals surface area contributed by atoms with Gasteiger partial charge in [0.15, 0.2) is 0 Å². The fourth-order valence-electron chi connectivity index (χ4n) is 1.64. The van der Waals surface area contributed by atoms with E-state index in [0.29, 0.717) is 13.1 Å². The highest BCUT2D eigenvalue weighted by Gasteiger charge is 2.15. The third kappa shape index (κ3) is 4.83. The Kier molecular flexibility index (Phi) is 5.58. The largest absolute Gasteiger partial charge is 0.390 e. The van der Waals surface area contributed by atoms with Crippen molar-refractivity contribution >= 4 is 0 Å². The minimum atomic E-state index is -0.574. The summed E-state index contributed by atoms with van der Waals surface area (Å²) in [5.74, 6) is 5.85. The molecule has 2 atom stereocenters. The van der Waals surface area contributed by atoms with Gasteiger partial charge in [0.25, 0.3) is 0 Å². The molecule has 17 heavy (non-hydrogen) atoms. The van der Waals surface area contributed by atoms with Crippen molar-refractivity contribution in [2.75, 3.05) is 6.54 Å². The van der Waals surface area contributed by atoms with Gasteiger partial charge in [-0.2, -0.15) is 0 Å². The van der Waals surface area contributed by atoms with E-state index in [-0.39, 0.29) is 6.04 Å². The van der Waals surface area contributed by atoms with Crippen molar-refractivity contribution in [2.24, 2.45) is 11.6 Å². The van der Waals surface area contributed by atoms with Gasteiger partial charge >= 0.3 is 0 Å². The quantitative estimate of drug-likeness (QED) is 0.504. The number of aliphatic hydroxyl groups is 1. The van der Waals surface area contributed by atoms with Gasteiger partial charge in [0.05, 0.1) is 6.10 Å². The minimum Gasteiger partial charge on any atom is -0.390 e. The summed E-state index contributed by atoms with van der Waals surface area (Å²) >= 11 is 0. The maximum Gasteiger partial charge on any atom is 0.0831 e. The number of rotatable bonds is 6. The van der Waals surface area contributed by atoms with Gasteiger partial charge in [0.1, 0.15) is 0 Å². The predicted molar refractivity (Wildman–Crippen MR) is 70.0 cm³/mol. The van der Waals surface area contributed by atoms with Gasteiger partial charge in [0.2, 0.25) is 0 Å². The molecule has 4 heteroatoms. The highest BCUT2D eigenvalue weighted by Crippen LogP contribution is 2.06.